The van der Waals surface area contributed by atoms with Crippen molar-refractivity contribution in [2.75, 3.05) is 33.3 Å². The lowest BCUT2D eigenvalue weighted by atomic mass is 10.2. The largest absolute Gasteiger partial charge is 0.495 e. The molecule has 0 saturated carbocycles. The van der Waals surface area contributed by atoms with Crippen LogP contribution in [0.1, 0.15) is 30.6 Å². The van der Waals surface area contributed by atoms with Crippen molar-refractivity contribution in [1.29, 1.82) is 0 Å². The van der Waals surface area contributed by atoms with Gasteiger partial charge >= 0.3 is 0 Å². The van der Waals surface area contributed by atoms with Gasteiger partial charge in [-0.1, -0.05) is 25.4 Å². The van der Waals surface area contributed by atoms with Crippen molar-refractivity contribution in [1.82, 2.24) is 9.80 Å². The molecule has 0 unspecified atom stereocenters. The second kappa shape index (κ2) is 7.68. The summed E-state index contributed by atoms with van der Waals surface area (Å²) in [6.45, 7) is 6.26. The smallest absolute Gasteiger partial charge is 0.253 e. The summed E-state index contributed by atoms with van der Waals surface area (Å²) in [6.07, 6.45) is 0.786. The molecule has 0 spiro atoms. The van der Waals surface area contributed by atoms with Crippen LogP contribution in [0.3, 0.4) is 0 Å². The molecule has 0 radical (unpaired) electrons. The van der Waals surface area contributed by atoms with Gasteiger partial charge in [0.25, 0.3) is 5.91 Å². The first-order valence-electron chi connectivity index (χ1n) is 7.85. The van der Waals surface area contributed by atoms with Crippen LogP contribution in [0.25, 0.3) is 0 Å². The molecule has 1 aromatic carbocycles. The molecule has 0 bridgehead atoms. The lowest BCUT2D eigenvalue weighted by molar-refractivity contribution is -0.134. The fourth-order valence-corrected chi connectivity index (χ4v) is 2.95. The van der Waals surface area contributed by atoms with E-state index in [0.29, 0.717) is 42.5 Å². The van der Waals surface area contributed by atoms with Gasteiger partial charge in [-0.3, -0.25) is 9.59 Å². The number of ether oxygens (including phenoxy) is 1. The van der Waals surface area contributed by atoms with Gasteiger partial charge in [0, 0.05) is 37.7 Å². The molecule has 0 atom stereocenters. The van der Waals surface area contributed by atoms with Crippen molar-refractivity contribution < 1.29 is 14.3 Å². The first-order chi connectivity index (χ1) is 10.9. The molecule has 1 aliphatic rings. The minimum atomic E-state index is -0.0617. The Morgan fingerprint density at radius 2 is 1.78 bits per heavy atom. The van der Waals surface area contributed by atoms with Gasteiger partial charge in [-0.25, -0.2) is 0 Å². The van der Waals surface area contributed by atoms with Gasteiger partial charge in [-0.05, 0) is 24.6 Å². The molecule has 0 N–H and O–H groups in total. The van der Waals surface area contributed by atoms with E-state index >= 15 is 0 Å². The van der Waals surface area contributed by atoms with Crippen molar-refractivity contribution in [3.63, 3.8) is 0 Å². The van der Waals surface area contributed by atoms with Crippen LogP contribution < -0.4 is 4.74 Å². The number of halogens is 1. The molecule has 1 aromatic rings. The zero-order valence-electron chi connectivity index (χ0n) is 13.8. The molecule has 2 amide bonds. The molecular weight excluding hydrogens is 316 g/mol. The van der Waals surface area contributed by atoms with Crippen LogP contribution in [0.2, 0.25) is 5.02 Å². The highest BCUT2D eigenvalue weighted by Gasteiger charge is 2.24. The number of carbonyl (C=O) groups excluding carboxylic acids is 2. The third-order valence-corrected chi connectivity index (χ3v) is 4.28. The highest BCUT2D eigenvalue weighted by Crippen LogP contribution is 2.25. The SMILES string of the molecule is COc1ccc(C(=O)N2CCCN(C(=O)C(C)C)CC2)cc1Cl. The number of hydrogen-bond donors (Lipinski definition) is 0. The van der Waals surface area contributed by atoms with E-state index in [0.717, 1.165) is 6.42 Å². The molecule has 5 nitrogen and oxygen atoms in total. The predicted octanol–water partition coefficient (Wildman–Crippen LogP) is 2.68. The summed E-state index contributed by atoms with van der Waals surface area (Å²) in [5.74, 6) is 0.616. The second-order valence-corrected chi connectivity index (χ2v) is 6.38. The van der Waals surface area contributed by atoms with Gasteiger partial charge in [-0.2, -0.15) is 0 Å². The van der Waals surface area contributed by atoms with Crippen molar-refractivity contribution in [2.45, 2.75) is 20.3 Å². The Kier molecular flexibility index (Phi) is 5.88. The average molecular weight is 339 g/mol. The minimum absolute atomic E-state index is 0.0161. The van der Waals surface area contributed by atoms with E-state index in [1.54, 1.807) is 23.1 Å². The Morgan fingerprint density at radius 1 is 1.13 bits per heavy atom. The Bertz CT molecular complexity index is 589. The molecule has 1 heterocycles. The molecule has 0 aromatic heterocycles. The Balaban J connectivity index is 2.06. The lowest BCUT2D eigenvalue weighted by Gasteiger charge is -2.23. The topological polar surface area (TPSA) is 49.9 Å². The zero-order valence-corrected chi connectivity index (χ0v) is 14.6. The maximum absolute atomic E-state index is 12.6. The van der Waals surface area contributed by atoms with Gasteiger partial charge in [-0.15, -0.1) is 0 Å². The van der Waals surface area contributed by atoms with Crippen molar-refractivity contribution >= 4 is 23.4 Å². The van der Waals surface area contributed by atoms with Crippen LogP contribution in [0, 0.1) is 5.92 Å². The standard InChI is InChI=1S/C17H23ClN2O3/c1-12(2)16(21)19-7-4-8-20(10-9-19)17(22)13-5-6-15(23-3)14(18)11-13/h5-6,11-12H,4,7-10H2,1-3H3. The summed E-state index contributed by atoms with van der Waals surface area (Å²) >= 11 is 6.10. The van der Waals surface area contributed by atoms with Gasteiger partial charge in [0.15, 0.2) is 0 Å². The fraction of sp³-hybridized carbons (Fsp3) is 0.529. The van der Waals surface area contributed by atoms with Crippen molar-refractivity contribution in [3.05, 3.63) is 28.8 Å². The molecular formula is C17H23ClN2O3. The Morgan fingerprint density at radius 3 is 2.39 bits per heavy atom. The van der Waals surface area contributed by atoms with E-state index in [-0.39, 0.29) is 17.7 Å². The van der Waals surface area contributed by atoms with Crippen LogP contribution in [0.15, 0.2) is 18.2 Å². The number of methoxy groups -OCH3 is 1. The summed E-state index contributed by atoms with van der Waals surface area (Å²) in [6, 6.07) is 5.04. The maximum atomic E-state index is 12.6. The van der Waals surface area contributed by atoms with Gasteiger partial charge < -0.3 is 14.5 Å². The first kappa shape index (κ1) is 17.6. The monoisotopic (exact) mass is 338 g/mol. The van der Waals surface area contributed by atoms with Crippen LogP contribution in [0.4, 0.5) is 0 Å². The molecule has 23 heavy (non-hydrogen) atoms. The Labute approximate surface area is 142 Å². The number of nitrogens with zero attached hydrogens (tertiary/aromatic N) is 2. The van der Waals surface area contributed by atoms with E-state index in [1.807, 2.05) is 18.7 Å². The van der Waals surface area contributed by atoms with Crippen LogP contribution in [0.5, 0.6) is 5.75 Å². The summed E-state index contributed by atoms with van der Waals surface area (Å²) in [5, 5.41) is 0.421. The summed E-state index contributed by atoms with van der Waals surface area (Å²) in [4.78, 5) is 28.4. The molecule has 1 aliphatic heterocycles. The lowest BCUT2D eigenvalue weighted by Crippen LogP contribution is -2.38. The van der Waals surface area contributed by atoms with Crippen molar-refractivity contribution in [3.8, 4) is 5.75 Å². The third-order valence-electron chi connectivity index (χ3n) is 3.99. The van der Waals surface area contributed by atoms with Crippen LogP contribution >= 0.6 is 11.6 Å². The average Bonchev–Trinajstić information content (AvgIpc) is 2.79. The minimum Gasteiger partial charge on any atom is -0.495 e. The highest BCUT2D eigenvalue weighted by atomic mass is 35.5. The molecule has 6 heteroatoms. The molecule has 1 fully saturated rings. The van der Waals surface area contributed by atoms with Gasteiger partial charge in [0.1, 0.15) is 5.75 Å². The number of benzene rings is 1. The predicted molar refractivity (Wildman–Crippen MR) is 89.9 cm³/mol. The zero-order chi connectivity index (χ0) is 17.0. The first-order valence-corrected chi connectivity index (χ1v) is 8.23. The van der Waals surface area contributed by atoms with E-state index < -0.39 is 0 Å². The number of carbonyl (C=O) groups is 2. The number of hydrogen-bond acceptors (Lipinski definition) is 3. The number of rotatable bonds is 3. The van der Waals surface area contributed by atoms with Crippen molar-refractivity contribution in [2.24, 2.45) is 5.92 Å². The Hall–Kier alpha value is -1.75. The summed E-state index contributed by atoms with van der Waals surface area (Å²) < 4.78 is 5.11. The number of amides is 2. The van der Waals surface area contributed by atoms with Gasteiger partial charge in [0.05, 0.1) is 12.1 Å². The normalized spacial score (nSPS) is 15.5. The summed E-state index contributed by atoms with van der Waals surface area (Å²) in [7, 11) is 1.54. The van der Waals surface area contributed by atoms with E-state index in [2.05, 4.69) is 0 Å². The fourth-order valence-electron chi connectivity index (χ4n) is 2.69. The maximum Gasteiger partial charge on any atom is 0.253 e. The molecule has 1 saturated heterocycles. The van der Waals surface area contributed by atoms with E-state index in [4.69, 9.17) is 16.3 Å². The van der Waals surface area contributed by atoms with Gasteiger partial charge in [0.2, 0.25) is 5.91 Å². The second-order valence-electron chi connectivity index (χ2n) is 5.98. The third kappa shape index (κ3) is 4.16. The van der Waals surface area contributed by atoms with Crippen LogP contribution in [-0.2, 0) is 4.79 Å². The quantitative estimate of drug-likeness (QED) is 0.851. The molecule has 2 rings (SSSR count). The van der Waals surface area contributed by atoms with E-state index in [9.17, 15) is 9.59 Å². The highest BCUT2D eigenvalue weighted by molar-refractivity contribution is 6.32. The van der Waals surface area contributed by atoms with Crippen LogP contribution in [-0.4, -0.2) is 54.9 Å². The van der Waals surface area contributed by atoms with E-state index in [1.165, 1.54) is 7.11 Å². The molecule has 126 valence electrons. The molecule has 0 aliphatic carbocycles. The summed E-state index contributed by atoms with van der Waals surface area (Å²) in [5.41, 5.74) is 0.541.